The molecule has 20 heavy (non-hydrogen) atoms. The minimum absolute atomic E-state index is 0. The van der Waals surface area contributed by atoms with Gasteiger partial charge >= 0.3 is 7.12 Å². The Bertz CT molecular complexity index is 600. The van der Waals surface area contributed by atoms with Gasteiger partial charge in [0.25, 0.3) is 0 Å². The predicted molar refractivity (Wildman–Crippen MR) is 85.8 cm³/mol. The van der Waals surface area contributed by atoms with Gasteiger partial charge in [0.2, 0.25) is 0 Å². The highest BCUT2D eigenvalue weighted by Crippen LogP contribution is 2.23. The summed E-state index contributed by atoms with van der Waals surface area (Å²) in [6.07, 6.45) is 0. The highest BCUT2D eigenvalue weighted by molar-refractivity contribution is 6.58. The largest absolute Gasteiger partial charge is 0.488 e. The van der Waals surface area contributed by atoms with E-state index in [9.17, 15) is 10.0 Å². The summed E-state index contributed by atoms with van der Waals surface area (Å²) in [5.74, 6) is 0.759. The molecule has 0 aliphatic heterocycles. The van der Waals surface area contributed by atoms with E-state index in [0.29, 0.717) is 17.1 Å². The zero-order valence-electron chi connectivity index (χ0n) is 11.4. The monoisotopic (exact) mass is 294 g/mol. The highest BCUT2D eigenvalue weighted by Gasteiger charge is 2.15. The van der Waals surface area contributed by atoms with Crippen LogP contribution in [0.15, 0.2) is 36.4 Å². The molecule has 5 heteroatoms. The van der Waals surface area contributed by atoms with E-state index in [1.165, 1.54) is 0 Å². The molecule has 0 amide bonds. The first-order valence-corrected chi connectivity index (χ1v) is 6.69. The first kappa shape index (κ1) is 14.9. The van der Waals surface area contributed by atoms with Crippen LogP contribution in [-0.4, -0.2) is 17.2 Å². The Morgan fingerprint density at radius 3 is 2.35 bits per heavy atom. The molecule has 0 saturated heterocycles. The van der Waals surface area contributed by atoms with Crippen LogP contribution in [0, 0.1) is 13.8 Å². The van der Waals surface area contributed by atoms with Crippen LogP contribution >= 0.6 is 11.6 Å². The Labute approximate surface area is 126 Å². The van der Waals surface area contributed by atoms with Crippen LogP contribution in [0.2, 0.25) is 5.02 Å². The molecule has 0 aliphatic carbocycles. The average Bonchev–Trinajstić information content (AvgIpc) is 2.37. The molecule has 0 radical (unpaired) electrons. The smallest absolute Gasteiger partial charge is 0.488 e. The molecule has 3 nitrogen and oxygen atoms in total. The second-order valence-electron chi connectivity index (χ2n) is 4.78. The number of hydrogen-bond acceptors (Lipinski definition) is 3. The molecular weight excluding hydrogens is 274 g/mol. The Balaban J connectivity index is 0.00000220. The first-order chi connectivity index (χ1) is 9.47. The topological polar surface area (TPSA) is 49.7 Å². The molecule has 0 unspecified atom stereocenters. The molecule has 0 heterocycles. The third-order valence-corrected chi connectivity index (χ3v) is 3.29. The Hall–Kier alpha value is -1.49. The molecule has 0 saturated carbocycles. The standard InChI is InChI=1S/C15H16BClO3.2H2/c1-10-6-13(16(18)19)7-11(2)15(10)20-9-12-4-3-5-14(17)8-12;;/h3-8,18-19H,9H2,1-2H3;2*1H. The van der Waals surface area contributed by atoms with Gasteiger partial charge in [-0.2, -0.15) is 0 Å². The van der Waals surface area contributed by atoms with E-state index in [4.69, 9.17) is 16.3 Å². The van der Waals surface area contributed by atoms with Crippen LogP contribution in [0.25, 0.3) is 0 Å². The lowest BCUT2D eigenvalue weighted by Gasteiger charge is -2.14. The van der Waals surface area contributed by atoms with Gasteiger partial charge in [-0.3, -0.25) is 0 Å². The van der Waals surface area contributed by atoms with Gasteiger partial charge in [0, 0.05) is 7.88 Å². The molecule has 0 atom stereocenters. The number of rotatable bonds is 4. The zero-order valence-corrected chi connectivity index (χ0v) is 12.2. The van der Waals surface area contributed by atoms with Crippen LogP contribution in [0.4, 0.5) is 0 Å². The van der Waals surface area contributed by atoms with Crippen LogP contribution in [0.1, 0.15) is 19.5 Å². The summed E-state index contributed by atoms with van der Waals surface area (Å²) in [7, 11) is -1.46. The molecular formula is C15H20BClO3. The van der Waals surface area contributed by atoms with E-state index in [1.807, 2.05) is 38.1 Å². The SMILES string of the molecule is Cc1cc(B(O)O)cc(C)c1OCc1cccc(Cl)c1.[HH].[HH]. The van der Waals surface area contributed by atoms with E-state index in [1.54, 1.807) is 12.1 Å². The van der Waals surface area contributed by atoms with Crippen molar-refractivity contribution < 1.29 is 17.6 Å². The molecule has 0 bridgehead atoms. The van der Waals surface area contributed by atoms with Gasteiger partial charge in [-0.1, -0.05) is 35.9 Å². The third-order valence-electron chi connectivity index (χ3n) is 3.05. The number of benzene rings is 2. The summed E-state index contributed by atoms with van der Waals surface area (Å²) in [5.41, 5.74) is 3.20. The van der Waals surface area contributed by atoms with Crippen molar-refractivity contribution in [1.29, 1.82) is 0 Å². The first-order valence-electron chi connectivity index (χ1n) is 6.32. The lowest BCUT2D eigenvalue weighted by atomic mass is 9.78. The van der Waals surface area contributed by atoms with Crippen molar-refractivity contribution in [1.82, 2.24) is 0 Å². The van der Waals surface area contributed by atoms with Gasteiger partial charge in [0.1, 0.15) is 12.4 Å². The van der Waals surface area contributed by atoms with E-state index < -0.39 is 7.12 Å². The van der Waals surface area contributed by atoms with Gasteiger partial charge < -0.3 is 14.8 Å². The third kappa shape index (κ3) is 3.54. The van der Waals surface area contributed by atoms with E-state index in [-0.39, 0.29) is 2.85 Å². The Morgan fingerprint density at radius 2 is 1.80 bits per heavy atom. The lowest BCUT2D eigenvalue weighted by molar-refractivity contribution is 0.302. The van der Waals surface area contributed by atoms with Gasteiger partial charge in [-0.15, -0.1) is 0 Å². The minimum Gasteiger partial charge on any atom is -0.488 e. The summed E-state index contributed by atoms with van der Waals surface area (Å²) in [4.78, 5) is 0. The fraction of sp³-hybridized carbons (Fsp3) is 0.200. The van der Waals surface area contributed by atoms with E-state index in [0.717, 1.165) is 22.4 Å². The molecule has 0 aliphatic rings. The number of hydrogen-bond donors (Lipinski definition) is 2. The van der Waals surface area contributed by atoms with Crippen molar-refractivity contribution in [2.45, 2.75) is 20.5 Å². The quantitative estimate of drug-likeness (QED) is 0.853. The van der Waals surface area contributed by atoms with E-state index in [2.05, 4.69) is 0 Å². The molecule has 0 fully saturated rings. The molecule has 0 spiro atoms. The number of ether oxygens (including phenoxy) is 1. The molecule has 2 N–H and O–H groups in total. The van der Waals surface area contributed by atoms with Crippen LogP contribution in [0.3, 0.4) is 0 Å². The van der Waals surface area contributed by atoms with Crippen molar-refractivity contribution in [2.24, 2.45) is 0 Å². The molecule has 2 rings (SSSR count). The summed E-state index contributed by atoms with van der Waals surface area (Å²) >= 11 is 5.93. The molecule has 2 aromatic carbocycles. The maximum atomic E-state index is 9.20. The van der Waals surface area contributed by atoms with Crippen molar-refractivity contribution in [3.05, 3.63) is 58.1 Å². The fourth-order valence-electron chi connectivity index (χ4n) is 2.14. The van der Waals surface area contributed by atoms with Crippen LogP contribution in [-0.2, 0) is 6.61 Å². The summed E-state index contributed by atoms with van der Waals surface area (Å²) < 4.78 is 5.82. The highest BCUT2D eigenvalue weighted by atomic mass is 35.5. The molecule has 0 aromatic heterocycles. The van der Waals surface area contributed by atoms with Crippen molar-refractivity contribution in [3.8, 4) is 5.75 Å². The number of aryl methyl sites for hydroxylation is 2. The Kier molecular flexibility index (Phi) is 4.71. The normalized spacial score (nSPS) is 10.4. The van der Waals surface area contributed by atoms with E-state index >= 15 is 0 Å². The van der Waals surface area contributed by atoms with Gasteiger partial charge in [0.05, 0.1) is 0 Å². The lowest BCUT2D eigenvalue weighted by Crippen LogP contribution is -2.30. The van der Waals surface area contributed by atoms with Crippen LogP contribution in [0.5, 0.6) is 5.75 Å². The van der Waals surface area contributed by atoms with Crippen molar-refractivity contribution in [3.63, 3.8) is 0 Å². The fourth-order valence-corrected chi connectivity index (χ4v) is 2.36. The van der Waals surface area contributed by atoms with Gasteiger partial charge in [-0.05, 0) is 48.1 Å². The number of halogens is 1. The van der Waals surface area contributed by atoms with Gasteiger partial charge in [0.15, 0.2) is 0 Å². The van der Waals surface area contributed by atoms with Crippen molar-refractivity contribution >= 4 is 24.2 Å². The zero-order chi connectivity index (χ0) is 14.7. The predicted octanol–water partition coefficient (Wildman–Crippen LogP) is 2.71. The molecule has 2 aromatic rings. The maximum Gasteiger partial charge on any atom is 0.488 e. The summed E-state index contributed by atoms with van der Waals surface area (Å²) in [6, 6.07) is 10.9. The summed E-state index contributed by atoms with van der Waals surface area (Å²) in [5, 5.41) is 19.1. The van der Waals surface area contributed by atoms with Crippen molar-refractivity contribution in [2.75, 3.05) is 0 Å². The van der Waals surface area contributed by atoms with Gasteiger partial charge in [-0.25, -0.2) is 0 Å². The maximum absolute atomic E-state index is 9.20. The second-order valence-corrected chi connectivity index (χ2v) is 5.21. The average molecular weight is 295 g/mol. The minimum atomic E-state index is -1.46. The summed E-state index contributed by atoms with van der Waals surface area (Å²) in [6.45, 7) is 4.18. The molecule has 108 valence electrons. The van der Waals surface area contributed by atoms with Crippen LogP contribution < -0.4 is 10.2 Å². The Morgan fingerprint density at radius 1 is 1.15 bits per heavy atom. The second kappa shape index (κ2) is 6.31.